The number of fused-ring (bicyclic) bond motifs is 1. The molecule has 1 heterocycles. The second-order valence-corrected chi connectivity index (χ2v) is 3.75. The van der Waals surface area contributed by atoms with Crippen LogP contribution >= 0.6 is 0 Å². The summed E-state index contributed by atoms with van der Waals surface area (Å²) in [6.45, 7) is 2.66. The minimum atomic E-state index is -0.388. The van der Waals surface area contributed by atoms with Gasteiger partial charge in [0.25, 0.3) is 0 Å². The van der Waals surface area contributed by atoms with Crippen molar-refractivity contribution in [1.29, 1.82) is 0 Å². The number of Topliss-reactive ketones (excluding diaryl/α,β-unsaturated/α-hetero) is 1. The Labute approximate surface area is 98.0 Å². The molecule has 0 fully saturated rings. The van der Waals surface area contributed by atoms with Gasteiger partial charge in [0.2, 0.25) is 0 Å². The molecule has 0 saturated carbocycles. The van der Waals surface area contributed by atoms with Crippen LogP contribution < -0.4 is 11.1 Å². The number of likely N-dealkylation sites (N-methyl/N-ethyl adjacent to an activating group) is 1. The molecule has 17 heavy (non-hydrogen) atoms. The van der Waals surface area contributed by atoms with Crippen molar-refractivity contribution in [3.05, 3.63) is 34.3 Å². The summed E-state index contributed by atoms with van der Waals surface area (Å²) in [7, 11) is 1.72. The number of carbonyl (C=O) groups excluding carboxylic acids is 1. The quantitative estimate of drug-likeness (QED) is 0.802. The molecule has 5 heteroatoms. The Hall–Kier alpha value is -1.88. The van der Waals surface area contributed by atoms with Gasteiger partial charge < -0.3 is 9.73 Å². The highest BCUT2D eigenvalue weighted by atomic mass is 16.4. The van der Waals surface area contributed by atoms with E-state index in [1.165, 1.54) is 4.57 Å². The van der Waals surface area contributed by atoms with Gasteiger partial charge in [-0.2, -0.15) is 0 Å². The topological polar surface area (TPSA) is 64.2 Å². The summed E-state index contributed by atoms with van der Waals surface area (Å²) in [6, 6.07) is 5.03. The van der Waals surface area contributed by atoms with E-state index in [4.69, 9.17) is 4.42 Å². The lowest BCUT2D eigenvalue weighted by Gasteiger charge is -2.01. The molecule has 0 aliphatic heterocycles. The van der Waals surface area contributed by atoms with E-state index >= 15 is 0 Å². The summed E-state index contributed by atoms with van der Waals surface area (Å²) in [6.07, 6.45) is 0. The summed E-state index contributed by atoms with van der Waals surface area (Å²) >= 11 is 0. The van der Waals surface area contributed by atoms with E-state index in [0.29, 0.717) is 23.2 Å². The Kier molecular flexibility index (Phi) is 3.10. The summed E-state index contributed by atoms with van der Waals surface area (Å²) in [5.74, 6) is -0.397. The van der Waals surface area contributed by atoms with Gasteiger partial charge in [-0.15, -0.1) is 0 Å². The molecule has 0 saturated heterocycles. The maximum Gasteiger partial charge on any atom is 0.419 e. The lowest BCUT2D eigenvalue weighted by atomic mass is 10.1. The number of benzene rings is 1. The molecule has 0 amide bonds. The first-order valence-electron chi connectivity index (χ1n) is 5.48. The summed E-state index contributed by atoms with van der Waals surface area (Å²) < 4.78 is 6.57. The zero-order valence-corrected chi connectivity index (χ0v) is 9.82. The van der Waals surface area contributed by atoms with E-state index in [0.717, 1.165) is 0 Å². The molecule has 1 N–H and O–H groups in total. The number of aromatic nitrogens is 1. The molecule has 2 rings (SSSR count). The van der Waals surface area contributed by atoms with E-state index in [9.17, 15) is 9.59 Å². The zero-order valence-electron chi connectivity index (χ0n) is 9.82. The van der Waals surface area contributed by atoms with Gasteiger partial charge in [-0.25, -0.2) is 4.79 Å². The van der Waals surface area contributed by atoms with Gasteiger partial charge in [0.15, 0.2) is 11.4 Å². The number of nitrogens with zero attached hydrogens (tertiary/aromatic N) is 1. The van der Waals surface area contributed by atoms with Gasteiger partial charge in [0.1, 0.15) is 0 Å². The van der Waals surface area contributed by atoms with Gasteiger partial charge >= 0.3 is 5.76 Å². The van der Waals surface area contributed by atoms with E-state index < -0.39 is 0 Å². The molecule has 0 spiro atoms. The normalized spacial score (nSPS) is 10.9. The molecule has 90 valence electrons. The fourth-order valence-electron chi connectivity index (χ4n) is 1.80. The van der Waals surface area contributed by atoms with Crippen molar-refractivity contribution >= 4 is 16.9 Å². The fourth-order valence-corrected chi connectivity index (χ4v) is 1.80. The van der Waals surface area contributed by atoms with Crippen molar-refractivity contribution in [1.82, 2.24) is 9.88 Å². The molecule has 0 atom stereocenters. The minimum absolute atomic E-state index is 0.00861. The SMILES string of the molecule is CCn1c(=O)oc2ccc(C(=O)CNC)cc21. The molecule has 2 aromatic rings. The van der Waals surface area contributed by atoms with Crippen LogP contribution in [-0.4, -0.2) is 23.9 Å². The number of hydrogen-bond acceptors (Lipinski definition) is 4. The highest BCUT2D eigenvalue weighted by Gasteiger charge is 2.11. The molecule has 5 nitrogen and oxygen atoms in total. The molecule has 0 radical (unpaired) electrons. The number of hydrogen-bond donors (Lipinski definition) is 1. The van der Waals surface area contributed by atoms with Crippen molar-refractivity contribution in [3.8, 4) is 0 Å². The molecule has 1 aromatic heterocycles. The third kappa shape index (κ3) is 2.01. The van der Waals surface area contributed by atoms with Crippen molar-refractivity contribution in [2.45, 2.75) is 13.5 Å². The van der Waals surface area contributed by atoms with Crippen molar-refractivity contribution in [3.63, 3.8) is 0 Å². The first-order valence-corrected chi connectivity index (χ1v) is 5.48. The van der Waals surface area contributed by atoms with Crippen molar-refractivity contribution in [2.75, 3.05) is 13.6 Å². The number of ketones is 1. The lowest BCUT2D eigenvalue weighted by Crippen LogP contribution is -2.18. The van der Waals surface area contributed by atoms with Gasteiger partial charge in [-0.1, -0.05) is 0 Å². The van der Waals surface area contributed by atoms with Gasteiger partial charge in [0, 0.05) is 12.1 Å². The Morgan fingerprint density at radius 1 is 1.47 bits per heavy atom. The number of nitrogens with one attached hydrogen (secondary N) is 1. The van der Waals surface area contributed by atoms with E-state index in [-0.39, 0.29) is 18.1 Å². The molecular formula is C12H14N2O3. The monoisotopic (exact) mass is 234 g/mol. The van der Waals surface area contributed by atoms with Gasteiger partial charge in [-0.05, 0) is 32.2 Å². The number of carbonyl (C=O) groups is 1. The van der Waals surface area contributed by atoms with Gasteiger partial charge in [0.05, 0.1) is 12.1 Å². The van der Waals surface area contributed by atoms with Crippen LogP contribution in [0.25, 0.3) is 11.1 Å². The standard InChI is InChI=1S/C12H14N2O3/c1-3-14-9-6-8(10(15)7-13-2)4-5-11(9)17-12(14)16/h4-6,13H,3,7H2,1-2H3. The van der Waals surface area contributed by atoms with Crippen LogP contribution in [0.3, 0.4) is 0 Å². The Morgan fingerprint density at radius 3 is 2.88 bits per heavy atom. The predicted molar refractivity (Wildman–Crippen MR) is 64.4 cm³/mol. The Morgan fingerprint density at radius 2 is 2.24 bits per heavy atom. The molecule has 0 aliphatic rings. The van der Waals surface area contributed by atoms with Crippen LogP contribution in [-0.2, 0) is 6.54 Å². The fraction of sp³-hybridized carbons (Fsp3) is 0.333. The highest BCUT2D eigenvalue weighted by molar-refractivity contribution is 6.00. The van der Waals surface area contributed by atoms with Gasteiger partial charge in [-0.3, -0.25) is 9.36 Å². The first kappa shape index (κ1) is 11.6. The molecule has 0 bridgehead atoms. The van der Waals surface area contributed by atoms with Crippen LogP contribution in [0, 0.1) is 0 Å². The first-order chi connectivity index (χ1) is 8.17. The van der Waals surface area contributed by atoms with Crippen LogP contribution in [0.1, 0.15) is 17.3 Å². The number of rotatable bonds is 4. The summed E-state index contributed by atoms with van der Waals surface area (Å²) in [4.78, 5) is 23.2. The maximum atomic E-state index is 11.7. The van der Waals surface area contributed by atoms with Crippen LogP contribution in [0.4, 0.5) is 0 Å². The van der Waals surface area contributed by atoms with E-state index in [1.807, 2.05) is 6.92 Å². The average molecular weight is 234 g/mol. The second kappa shape index (κ2) is 4.55. The van der Waals surface area contributed by atoms with Crippen LogP contribution in [0.15, 0.2) is 27.4 Å². The average Bonchev–Trinajstić information content (AvgIpc) is 2.63. The van der Waals surface area contributed by atoms with E-state index in [2.05, 4.69) is 5.32 Å². The van der Waals surface area contributed by atoms with Crippen LogP contribution in [0.5, 0.6) is 0 Å². The highest BCUT2D eigenvalue weighted by Crippen LogP contribution is 2.15. The Balaban J connectivity index is 2.56. The van der Waals surface area contributed by atoms with Crippen LogP contribution in [0.2, 0.25) is 0 Å². The molecule has 0 unspecified atom stereocenters. The largest absolute Gasteiger partial charge is 0.419 e. The third-order valence-corrected chi connectivity index (χ3v) is 2.64. The minimum Gasteiger partial charge on any atom is -0.408 e. The smallest absolute Gasteiger partial charge is 0.408 e. The summed E-state index contributed by atoms with van der Waals surface area (Å²) in [5.41, 5.74) is 1.76. The molecule has 1 aromatic carbocycles. The molecule has 0 aliphatic carbocycles. The lowest BCUT2D eigenvalue weighted by molar-refractivity contribution is 0.0993. The Bertz CT molecular complexity index is 610. The molecular weight excluding hydrogens is 220 g/mol. The summed E-state index contributed by atoms with van der Waals surface area (Å²) in [5, 5.41) is 2.81. The zero-order chi connectivity index (χ0) is 12.4. The van der Waals surface area contributed by atoms with Crippen molar-refractivity contribution < 1.29 is 9.21 Å². The third-order valence-electron chi connectivity index (χ3n) is 2.64. The number of aryl methyl sites for hydroxylation is 1. The predicted octanol–water partition coefficient (Wildman–Crippen LogP) is 1.02. The second-order valence-electron chi connectivity index (χ2n) is 3.75. The number of oxazole rings is 1. The maximum absolute atomic E-state index is 11.7. The van der Waals surface area contributed by atoms with Crippen molar-refractivity contribution in [2.24, 2.45) is 0 Å². The van der Waals surface area contributed by atoms with E-state index in [1.54, 1.807) is 25.2 Å².